The Bertz CT molecular complexity index is 1190. The zero-order valence-corrected chi connectivity index (χ0v) is 17.2. The van der Waals surface area contributed by atoms with Gasteiger partial charge in [0.1, 0.15) is 0 Å². The van der Waals surface area contributed by atoms with E-state index in [0.29, 0.717) is 16.9 Å². The Morgan fingerprint density at radius 3 is 2.33 bits per heavy atom. The van der Waals surface area contributed by atoms with Crippen molar-refractivity contribution in [3.05, 3.63) is 99.0 Å². The number of aromatic nitrogens is 1. The smallest absolute Gasteiger partial charge is 0.253 e. The van der Waals surface area contributed by atoms with Gasteiger partial charge in [-0.15, -0.1) is 22.7 Å². The molecule has 4 rings (SSSR count). The van der Waals surface area contributed by atoms with Gasteiger partial charge in [0, 0.05) is 5.38 Å². The van der Waals surface area contributed by atoms with Gasteiger partial charge in [0.15, 0.2) is 0 Å². The molecule has 4 aromatic rings. The van der Waals surface area contributed by atoms with E-state index in [9.17, 15) is 13.2 Å². The van der Waals surface area contributed by atoms with Gasteiger partial charge in [0.2, 0.25) is 4.80 Å². The fourth-order valence-corrected chi connectivity index (χ4v) is 4.37. The minimum atomic E-state index is -4.35. The maximum atomic E-state index is 12.8. The number of hydrogen-bond donors (Lipinski definition) is 0. The van der Waals surface area contributed by atoms with Crippen LogP contribution in [0.5, 0.6) is 0 Å². The predicted octanol–water partition coefficient (Wildman–Crippen LogP) is 6.28. The molecule has 0 saturated heterocycles. The van der Waals surface area contributed by atoms with Crippen LogP contribution in [0.3, 0.4) is 0 Å². The third kappa shape index (κ3) is 4.77. The van der Waals surface area contributed by atoms with Crippen molar-refractivity contribution in [3.63, 3.8) is 0 Å². The fraction of sp³-hybridized carbons (Fsp3) is 0.0909. The van der Waals surface area contributed by atoms with E-state index < -0.39 is 11.7 Å². The highest BCUT2D eigenvalue weighted by Gasteiger charge is 2.29. The lowest BCUT2D eigenvalue weighted by molar-refractivity contribution is -0.137. The van der Waals surface area contributed by atoms with Gasteiger partial charge in [-0.05, 0) is 34.7 Å². The Morgan fingerprint density at radius 1 is 0.900 bits per heavy atom. The largest absolute Gasteiger partial charge is 0.416 e. The van der Waals surface area contributed by atoms with Gasteiger partial charge in [-0.2, -0.15) is 18.3 Å². The van der Waals surface area contributed by atoms with Crippen LogP contribution in [0.2, 0.25) is 0 Å². The normalized spacial score (nSPS) is 12.7. The van der Waals surface area contributed by atoms with Crippen LogP contribution >= 0.6 is 22.7 Å². The number of alkyl halides is 3. The first-order valence-corrected chi connectivity index (χ1v) is 10.8. The number of benzene rings is 2. The van der Waals surface area contributed by atoms with Gasteiger partial charge in [-0.3, -0.25) is 4.99 Å². The van der Waals surface area contributed by atoms with Crippen molar-refractivity contribution in [2.45, 2.75) is 12.7 Å². The van der Waals surface area contributed by atoms with E-state index in [1.165, 1.54) is 23.5 Å². The van der Waals surface area contributed by atoms with Gasteiger partial charge < -0.3 is 0 Å². The summed E-state index contributed by atoms with van der Waals surface area (Å²) in [5, 5.41) is 8.50. The van der Waals surface area contributed by atoms with Crippen molar-refractivity contribution in [3.8, 4) is 10.6 Å². The van der Waals surface area contributed by atoms with Crippen LogP contribution in [0, 0.1) is 0 Å². The summed E-state index contributed by atoms with van der Waals surface area (Å²) in [5.74, 6) is 0. The van der Waals surface area contributed by atoms with Crippen LogP contribution < -0.4 is 4.80 Å². The molecule has 0 N–H and O–H groups in total. The Kier molecular flexibility index (Phi) is 5.96. The Balaban J connectivity index is 1.68. The molecule has 152 valence electrons. The summed E-state index contributed by atoms with van der Waals surface area (Å²) in [7, 11) is 0. The minimum Gasteiger partial charge on any atom is -0.253 e. The first-order valence-electron chi connectivity index (χ1n) is 9.01. The third-order valence-electron chi connectivity index (χ3n) is 4.26. The van der Waals surface area contributed by atoms with E-state index in [4.69, 9.17) is 0 Å². The highest BCUT2D eigenvalue weighted by molar-refractivity contribution is 7.14. The molecule has 0 bridgehead atoms. The maximum Gasteiger partial charge on any atom is 0.416 e. The second-order valence-electron chi connectivity index (χ2n) is 6.36. The molecule has 30 heavy (non-hydrogen) atoms. The molecule has 0 radical (unpaired) electrons. The number of thiophene rings is 1. The number of thiazole rings is 1. The number of halogens is 3. The van der Waals surface area contributed by atoms with Crippen LogP contribution in [0.4, 0.5) is 13.2 Å². The van der Waals surface area contributed by atoms with Crippen LogP contribution in [0.1, 0.15) is 16.7 Å². The third-order valence-corrected chi connectivity index (χ3v) is 6.01. The van der Waals surface area contributed by atoms with Gasteiger partial charge in [-0.25, -0.2) is 4.68 Å². The topological polar surface area (TPSA) is 29.6 Å². The van der Waals surface area contributed by atoms with Gasteiger partial charge in [-0.1, -0.05) is 48.5 Å². The summed E-state index contributed by atoms with van der Waals surface area (Å²) in [6.45, 7) is 0.515. The first kappa shape index (κ1) is 20.3. The molecule has 0 aliphatic heterocycles. The zero-order valence-electron chi connectivity index (χ0n) is 15.6. The fourth-order valence-electron chi connectivity index (χ4n) is 2.74. The van der Waals surface area contributed by atoms with Crippen molar-refractivity contribution in [2.75, 3.05) is 0 Å². The van der Waals surface area contributed by atoms with E-state index >= 15 is 0 Å². The monoisotopic (exact) mass is 443 g/mol. The molecule has 0 spiro atoms. The lowest BCUT2D eigenvalue weighted by Crippen LogP contribution is -2.12. The van der Waals surface area contributed by atoms with E-state index in [1.807, 2.05) is 53.2 Å². The lowest BCUT2D eigenvalue weighted by atomic mass is 10.1. The average Bonchev–Trinajstić information content (AvgIpc) is 3.41. The molecule has 0 aliphatic carbocycles. The SMILES string of the molecule is FC(F)(F)c1ccc(C=Nn2c(-c3cccs3)csc2=NCc2ccccc2)cc1. The van der Waals surface area contributed by atoms with Crippen LogP contribution in [0.15, 0.2) is 87.6 Å². The summed E-state index contributed by atoms with van der Waals surface area (Å²) in [6.07, 6.45) is -2.81. The van der Waals surface area contributed by atoms with E-state index in [-0.39, 0.29) is 0 Å². The Morgan fingerprint density at radius 2 is 1.67 bits per heavy atom. The molecule has 2 aromatic heterocycles. The number of rotatable bonds is 5. The molecule has 2 aromatic carbocycles. The van der Waals surface area contributed by atoms with Gasteiger partial charge in [0.05, 0.1) is 28.9 Å². The molecular weight excluding hydrogens is 427 g/mol. The maximum absolute atomic E-state index is 12.8. The predicted molar refractivity (Wildman–Crippen MR) is 116 cm³/mol. The summed E-state index contributed by atoms with van der Waals surface area (Å²) in [6, 6.07) is 18.8. The Labute approximate surface area is 179 Å². The Hall–Kier alpha value is -2.97. The quantitative estimate of drug-likeness (QED) is 0.325. The second kappa shape index (κ2) is 8.81. The van der Waals surface area contributed by atoms with E-state index in [2.05, 4.69) is 10.1 Å². The van der Waals surface area contributed by atoms with Crippen molar-refractivity contribution < 1.29 is 13.2 Å². The van der Waals surface area contributed by atoms with Crippen molar-refractivity contribution in [1.29, 1.82) is 0 Å². The summed E-state index contributed by atoms with van der Waals surface area (Å²) in [5.41, 5.74) is 1.88. The molecule has 0 unspecified atom stereocenters. The number of hydrogen-bond acceptors (Lipinski definition) is 4. The van der Waals surface area contributed by atoms with Crippen LogP contribution in [-0.4, -0.2) is 10.9 Å². The standard InChI is InChI=1S/C22H16F3N3S2/c23-22(24,25)18-10-8-17(9-11-18)14-27-28-19(20-7-4-12-29-20)15-30-21(28)26-13-16-5-2-1-3-6-16/h1-12,14-15H,13H2. The molecule has 0 saturated carbocycles. The van der Waals surface area contributed by atoms with Crippen molar-refractivity contribution >= 4 is 28.9 Å². The highest BCUT2D eigenvalue weighted by atomic mass is 32.1. The molecule has 2 heterocycles. The molecule has 8 heteroatoms. The molecule has 0 amide bonds. The summed E-state index contributed by atoms with van der Waals surface area (Å²) in [4.78, 5) is 6.44. The van der Waals surface area contributed by atoms with Crippen molar-refractivity contribution in [2.24, 2.45) is 10.1 Å². The van der Waals surface area contributed by atoms with E-state index in [1.54, 1.807) is 22.2 Å². The molecule has 0 aliphatic rings. The zero-order chi connectivity index (χ0) is 21.0. The van der Waals surface area contributed by atoms with E-state index in [0.717, 1.165) is 28.3 Å². The van der Waals surface area contributed by atoms with Crippen LogP contribution in [0.25, 0.3) is 10.6 Å². The first-order chi connectivity index (χ1) is 14.5. The molecule has 0 atom stereocenters. The minimum absolute atomic E-state index is 0.515. The second-order valence-corrected chi connectivity index (χ2v) is 8.14. The van der Waals surface area contributed by atoms with Crippen LogP contribution in [-0.2, 0) is 12.7 Å². The van der Waals surface area contributed by atoms with Gasteiger partial charge >= 0.3 is 6.18 Å². The number of nitrogens with zero attached hydrogens (tertiary/aromatic N) is 3. The summed E-state index contributed by atoms with van der Waals surface area (Å²) >= 11 is 3.06. The highest BCUT2D eigenvalue weighted by Crippen LogP contribution is 2.29. The molecular formula is C22H16F3N3S2. The van der Waals surface area contributed by atoms with Gasteiger partial charge in [0.25, 0.3) is 0 Å². The average molecular weight is 444 g/mol. The summed E-state index contributed by atoms with van der Waals surface area (Å²) < 4.78 is 40.0. The molecule has 0 fully saturated rings. The van der Waals surface area contributed by atoms with Crippen molar-refractivity contribution in [1.82, 2.24) is 4.68 Å². The lowest BCUT2D eigenvalue weighted by Gasteiger charge is -2.06. The molecule has 3 nitrogen and oxygen atoms in total.